The number of hydrogen-bond donors (Lipinski definition) is 23. The van der Waals surface area contributed by atoms with E-state index in [0.29, 0.717) is 0 Å². The molecule has 0 aliphatic carbocycles. The summed E-state index contributed by atoms with van der Waals surface area (Å²) in [7, 11) is 2.33. The fourth-order valence-corrected chi connectivity index (χ4v) is 10.1. The molecule has 35 atom stereocenters. The molecule has 0 aromatic carbocycles. The Hall–Kier alpha value is -1.97. The van der Waals surface area contributed by atoms with E-state index in [0.717, 1.165) is 14.0 Å². The van der Waals surface area contributed by atoms with Gasteiger partial charge in [0.15, 0.2) is 44.0 Å². The van der Waals surface area contributed by atoms with Gasteiger partial charge in [-0.2, -0.15) is 0 Å². The zero-order chi connectivity index (χ0) is 62.3. The first-order chi connectivity index (χ1) is 39.7. The summed E-state index contributed by atoms with van der Waals surface area (Å²) in [4.78, 5) is 11.9. The summed E-state index contributed by atoms with van der Waals surface area (Å²) >= 11 is 0. The van der Waals surface area contributed by atoms with E-state index in [1.54, 1.807) is 0 Å². The van der Waals surface area contributed by atoms with Crippen LogP contribution in [0.25, 0.3) is 0 Å². The van der Waals surface area contributed by atoms with Gasteiger partial charge in [-0.3, -0.25) is 4.79 Å². The maximum absolute atomic E-state index is 11.9. The van der Waals surface area contributed by atoms with Gasteiger partial charge in [-0.1, -0.05) is 0 Å². The second kappa shape index (κ2) is 31.7. The third-order valence-corrected chi connectivity index (χ3v) is 15.1. The van der Waals surface area contributed by atoms with Crippen molar-refractivity contribution in [2.45, 2.75) is 222 Å². The number of aliphatic hydroxyl groups is 22. The monoisotopic (exact) mass is 1240 g/mol. The van der Waals surface area contributed by atoms with Crippen LogP contribution >= 0.6 is 0 Å². The van der Waals surface area contributed by atoms with Crippen molar-refractivity contribution in [3.8, 4) is 0 Å². The maximum atomic E-state index is 11.9. The lowest BCUT2D eigenvalue weighted by Gasteiger charge is -2.49. The lowest BCUT2D eigenvalue weighted by molar-refractivity contribution is -0.384. The molecular formula is C46H81NO37. The Morgan fingerprint density at radius 2 is 0.619 bits per heavy atom. The zero-order valence-electron chi connectivity index (χ0n) is 45.1. The largest absolute Gasteiger partial charge is 0.394 e. The Morgan fingerprint density at radius 1 is 0.321 bits per heavy atom. The number of aliphatic hydroxyl groups excluding tert-OH is 22. The average molecular weight is 1240 g/mol. The molecule has 0 bridgehead atoms. The number of nitrogens with one attached hydrogen (secondary N) is 1. The first-order valence-corrected chi connectivity index (χ1v) is 26.5. The molecule has 7 aliphatic rings. The van der Waals surface area contributed by atoms with E-state index in [1.807, 2.05) is 0 Å². The van der Waals surface area contributed by atoms with Gasteiger partial charge in [0.25, 0.3) is 0 Å². The zero-order valence-corrected chi connectivity index (χ0v) is 45.1. The Labute approximate surface area is 476 Å². The number of ether oxygens (including phenoxy) is 14. The highest BCUT2D eigenvalue weighted by Crippen LogP contribution is 2.35. The molecule has 0 aromatic rings. The Morgan fingerprint density at radius 3 is 0.988 bits per heavy atom. The molecule has 1 amide bonds. The summed E-state index contributed by atoms with van der Waals surface area (Å²) in [5, 5.41) is 226. The molecule has 0 spiro atoms. The number of methoxy groups -OCH3 is 2. The van der Waals surface area contributed by atoms with Crippen molar-refractivity contribution in [2.24, 2.45) is 0 Å². The molecular weight excluding hydrogens is 1160 g/mol. The summed E-state index contributed by atoms with van der Waals surface area (Å²) in [6.45, 7) is -3.86. The molecule has 7 heterocycles. The van der Waals surface area contributed by atoms with Crippen LogP contribution in [-0.2, 0) is 71.1 Å². The molecule has 0 aromatic heterocycles. The van der Waals surface area contributed by atoms with E-state index in [9.17, 15) is 117 Å². The average Bonchev–Trinajstić information content (AvgIpc) is 1.59. The van der Waals surface area contributed by atoms with Crippen LogP contribution in [0, 0.1) is 0 Å². The molecule has 38 nitrogen and oxygen atoms in total. The van der Waals surface area contributed by atoms with Crippen LogP contribution in [0.3, 0.4) is 0 Å². The van der Waals surface area contributed by atoms with E-state index in [-0.39, 0.29) is 0 Å². The Bertz CT molecular complexity index is 1960. The van der Waals surface area contributed by atoms with Crippen LogP contribution in [0.15, 0.2) is 0 Å². The second-order valence-corrected chi connectivity index (χ2v) is 20.7. The van der Waals surface area contributed by atoms with Gasteiger partial charge in [0.05, 0.1) is 46.2 Å². The van der Waals surface area contributed by atoms with E-state index >= 15 is 0 Å². The van der Waals surface area contributed by atoms with Crippen LogP contribution in [0.4, 0.5) is 0 Å². The first kappa shape index (κ1) is 71.1. The van der Waals surface area contributed by atoms with Crippen LogP contribution in [-0.4, -0.2) is 394 Å². The normalized spacial score (nSPS) is 50.2. The first-order valence-electron chi connectivity index (χ1n) is 26.5. The number of amides is 1. The van der Waals surface area contributed by atoms with E-state index in [2.05, 4.69) is 5.32 Å². The Kier molecular flexibility index (Phi) is 26.8. The summed E-state index contributed by atoms with van der Waals surface area (Å²) in [6, 6.07) is -1.50. The van der Waals surface area contributed by atoms with E-state index in [1.165, 1.54) is 7.11 Å². The standard InChI is InChI=1S/C27H47NO21.C19H34O16/c1-7(32)28-12-17(37)13(33)8(3-29)44-24(12)49-23-19(39)15(35)10(5-31)46-27(23)48-22-16(36)11(47-25(42-2)21(22)41)6-43-26-20(40)18(38)14(34)9(4-30)45-26;1-30-17-15(29)16(35-19-14(28)12(26)9(23)6(3-21)33-19)10(24)7(34-17)4-31-18-13(27)11(25)8(22)5(2-20)32-18/h8-27,29-31,33-41H,3-6H2,1-2H3,(H,28,32);5-29H,2-4H2,1H3. The summed E-state index contributed by atoms with van der Waals surface area (Å²) in [5.41, 5.74) is 0. The van der Waals surface area contributed by atoms with E-state index < -0.39 is 267 Å². The fraction of sp³-hybridized carbons (Fsp3) is 0.978. The van der Waals surface area contributed by atoms with Crippen molar-refractivity contribution in [3.63, 3.8) is 0 Å². The van der Waals surface area contributed by atoms with Gasteiger partial charge in [-0.15, -0.1) is 0 Å². The number of rotatable bonds is 20. The van der Waals surface area contributed by atoms with Crippen LogP contribution in [0.5, 0.6) is 0 Å². The molecule has 23 N–H and O–H groups in total. The quantitative estimate of drug-likeness (QED) is 0.0538. The molecule has 7 rings (SSSR count). The SMILES string of the molecule is COC1OC(COC2OC(CO)C(O)C(O)C2O)C(O)C(OC2OC(CO)C(O)C(O)C2O)C1O.COC1OC(COC2OC(CO)C(O)C(O)C2O)C(O)C(OC2OC(CO)C(O)C(O)C2OC2OC(CO)C(O)C(O)C2NC(C)=O)C1O. The lowest BCUT2D eigenvalue weighted by Crippen LogP contribution is -2.68. The molecule has 7 aliphatic heterocycles. The van der Waals surface area contributed by atoms with Crippen LogP contribution in [0.2, 0.25) is 0 Å². The van der Waals surface area contributed by atoms with Gasteiger partial charge in [0.2, 0.25) is 5.91 Å². The second-order valence-electron chi connectivity index (χ2n) is 20.7. The van der Waals surface area contributed by atoms with Gasteiger partial charge in [-0.25, -0.2) is 0 Å². The summed E-state index contributed by atoms with van der Waals surface area (Å²) < 4.78 is 76.3. The van der Waals surface area contributed by atoms with Crippen molar-refractivity contribution >= 4 is 5.91 Å². The van der Waals surface area contributed by atoms with E-state index in [4.69, 9.17) is 66.3 Å². The number of hydrogen-bond acceptors (Lipinski definition) is 37. The van der Waals surface area contributed by atoms with Gasteiger partial charge in [0, 0.05) is 21.1 Å². The lowest BCUT2D eigenvalue weighted by atomic mass is 9.95. The molecule has 38 heteroatoms. The predicted octanol–water partition coefficient (Wildman–Crippen LogP) is -15.9. The van der Waals surface area contributed by atoms with Crippen molar-refractivity contribution in [1.29, 1.82) is 0 Å². The molecule has 0 saturated carbocycles. The highest BCUT2D eigenvalue weighted by Gasteiger charge is 2.56. The minimum Gasteiger partial charge on any atom is -0.394 e. The molecule has 0 radical (unpaired) electrons. The van der Waals surface area contributed by atoms with Crippen molar-refractivity contribution in [2.75, 3.05) is 60.5 Å². The minimum absolute atomic E-state index is 0.523. The molecule has 35 unspecified atom stereocenters. The van der Waals surface area contributed by atoms with Gasteiger partial charge >= 0.3 is 0 Å². The van der Waals surface area contributed by atoms with Crippen molar-refractivity contribution in [3.05, 3.63) is 0 Å². The molecule has 492 valence electrons. The Balaban J connectivity index is 0.000000285. The van der Waals surface area contributed by atoms with Crippen molar-refractivity contribution < 1.29 is 183 Å². The minimum atomic E-state index is -1.95. The van der Waals surface area contributed by atoms with Crippen molar-refractivity contribution in [1.82, 2.24) is 5.32 Å². The van der Waals surface area contributed by atoms with Crippen LogP contribution < -0.4 is 5.32 Å². The van der Waals surface area contributed by atoms with Gasteiger partial charge < -0.3 is 184 Å². The number of carbonyl (C=O) groups excluding carboxylic acids is 1. The predicted molar refractivity (Wildman–Crippen MR) is 256 cm³/mol. The molecule has 7 fully saturated rings. The summed E-state index contributed by atoms with van der Waals surface area (Å²) in [5.74, 6) is -0.694. The summed E-state index contributed by atoms with van der Waals surface area (Å²) in [6.07, 6.45) is -55.6. The molecule has 84 heavy (non-hydrogen) atoms. The fourth-order valence-electron chi connectivity index (χ4n) is 10.1. The van der Waals surface area contributed by atoms with Crippen LogP contribution in [0.1, 0.15) is 6.92 Å². The third kappa shape index (κ3) is 15.8. The smallest absolute Gasteiger partial charge is 0.217 e. The topological polar surface area (TPSA) is 603 Å². The highest BCUT2D eigenvalue weighted by atomic mass is 16.8. The third-order valence-electron chi connectivity index (χ3n) is 15.1. The van der Waals surface area contributed by atoms with Gasteiger partial charge in [0.1, 0.15) is 171 Å². The van der Waals surface area contributed by atoms with Gasteiger partial charge in [-0.05, 0) is 0 Å². The maximum Gasteiger partial charge on any atom is 0.217 e. The number of carbonyl (C=O) groups is 1. The highest BCUT2D eigenvalue weighted by molar-refractivity contribution is 5.73. The molecule has 7 saturated heterocycles.